The third-order valence-corrected chi connectivity index (χ3v) is 4.47. The van der Waals surface area contributed by atoms with E-state index in [2.05, 4.69) is 15.1 Å². The van der Waals surface area contributed by atoms with Crippen LogP contribution < -0.4 is 10.6 Å². The number of aryl methyl sites for hydroxylation is 1. The number of benzene rings is 1. The lowest BCUT2D eigenvalue weighted by atomic mass is 10.2. The van der Waals surface area contributed by atoms with Gasteiger partial charge in [0.05, 0.1) is 11.4 Å². The van der Waals surface area contributed by atoms with Gasteiger partial charge in [0.15, 0.2) is 5.65 Å². The van der Waals surface area contributed by atoms with Gasteiger partial charge in [0.25, 0.3) is 0 Å². The topological polar surface area (TPSA) is 85.4 Å². The number of anilines is 1. The Hall–Kier alpha value is -3.81. The van der Waals surface area contributed by atoms with Crippen LogP contribution in [0.4, 0.5) is 5.69 Å². The molecule has 8 heteroatoms. The van der Waals surface area contributed by atoms with E-state index < -0.39 is 5.69 Å². The molecule has 3 aromatic heterocycles. The normalized spacial score (nSPS) is 10.9. The molecule has 0 aliphatic heterocycles. The molecule has 0 radical (unpaired) electrons. The molecule has 0 fully saturated rings. The Morgan fingerprint density at radius 1 is 1.07 bits per heavy atom. The van der Waals surface area contributed by atoms with E-state index in [1.165, 1.54) is 9.30 Å². The molecular weight excluding hydrogens is 356 g/mol. The van der Waals surface area contributed by atoms with Crippen LogP contribution in [0.3, 0.4) is 0 Å². The van der Waals surface area contributed by atoms with Crippen molar-refractivity contribution in [2.24, 2.45) is 0 Å². The van der Waals surface area contributed by atoms with Gasteiger partial charge >= 0.3 is 5.69 Å². The first kappa shape index (κ1) is 17.6. The van der Waals surface area contributed by atoms with Gasteiger partial charge in [-0.15, -0.1) is 5.10 Å². The van der Waals surface area contributed by atoms with Gasteiger partial charge in [0.2, 0.25) is 5.91 Å². The fourth-order valence-corrected chi connectivity index (χ4v) is 2.98. The van der Waals surface area contributed by atoms with E-state index in [0.717, 1.165) is 10.4 Å². The number of rotatable bonds is 4. The number of hydrogen-bond acceptors (Lipinski definition) is 5. The monoisotopic (exact) mass is 374 g/mol. The standard InChI is InChI=1S/C20H18N6O2/c1-14-22-17(16-10-6-7-11-21-16)12-18-23-25(20(28)26(14)18)13-19(27)24(2)15-8-4-3-5-9-15/h3-12H,13H2,1-2H3. The molecule has 0 atom stereocenters. The number of pyridine rings is 1. The molecule has 4 aromatic rings. The number of nitrogens with zero attached hydrogens (tertiary/aromatic N) is 6. The molecule has 0 aliphatic carbocycles. The predicted molar refractivity (Wildman–Crippen MR) is 105 cm³/mol. The highest BCUT2D eigenvalue weighted by molar-refractivity contribution is 5.92. The van der Waals surface area contributed by atoms with Crippen LogP contribution in [-0.4, -0.2) is 37.1 Å². The van der Waals surface area contributed by atoms with Gasteiger partial charge in [-0.3, -0.25) is 9.78 Å². The molecule has 0 aliphatic rings. The smallest absolute Gasteiger partial charge is 0.314 e. The van der Waals surface area contributed by atoms with Crippen molar-refractivity contribution >= 4 is 17.2 Å². The summed E-state index contributed by atoms with van der Waals surface area (Å²) in [7, 11) is 1.67. The largest absolute Gasteiger partial charge is 0.352 e. The lowest BCUT2D eigenvalue weighted by molar-refractivity contribution is -0.119. The van der Waals surface area contributed by atoms with Gasteiger partial charge in [0.1, 0.15) is 12.4 Å². The second kappa shape index (κ2) is 7.07. The molecule has 0 N–H and O–H groups in total. The van der Waals surface area contributed by atoms with Gasteiger partial charge in [0, 0.05) is 25.0 Å². The molecule has 3 heterocycles. The molecule has 140 valence electrons. The summed E-state index contributed by atoms with van der Waals surface area (Å²) in [5, 5.41) is 4.33. The summed E-state index contributed by atoms with van der Waals surface area (Å²) >= 11 is 0. The van der Waals surface area contributed by atoms with E-state index in [-0.39, 0.29) is 12.5 Å². The first-order valence-corrected chi connectivity index (χ1v) is 8.75. The van der Waals surface area contributed by atoms with Crippen LogP contribution in [0.25, 0.3) is 17.0 Å². The maximum absolute atomic E-state index is 12.7. The van der Waals surface area contributed by atoms with Crippen LogP contribution in [0, 0.1) is 6.92 Å². The minimum absolute atomic E-state index is 0.162. The summed E-state index contributed by atoms with van der Waals surface area (Å²) in [6.07, 6.45) is 1.68. The third kappa shape index (κ3) is 3.16. The van der Waals surface area contributed by atoms with Gasteiger partial charge in [-0.05, 0) is 31.2 Å². The summed E-state index contributed by atoms with van der Waals surface area (Å²) < 4.78 is 2.55. The molecule has 0 spiro atoms. The lowest BCUT2D eigenvalue weighted by Crippen LogP contribution is -2.34. The second-order valence-corrected chi connectivity index (χ2v) is 6.33. The molecule has 4 rings (SSSR count). The van der Waals surface area contributed by atoms with Crippen molar-refractivity contribution < 1.29 is 4.79 Å². The summed E-state index contributed by atoms with van der Waals surface area (Å²) in [5.41, 5.74) is 2.08. The fraction of sp³-hybridized carbons (Fsp3) is 0.150. The van der Waals surface area contributed by atoms with E-state index in [0.29, 0.717) is 22.9 Å². The van der Waals surface area contributed by atoms with Crippen molar-refractivity contribution in [2.45, 2.75) is 13.5 Å². The number of likely N-dealkylation sites (N-methyl/N-ethyl adjacent to an activating group) is 1. The van der Waals surface area contributed by atoms with Crippen molar-refractivity contribution in [1.29, 1.82) is 0 Å². The molecule has 8 nitrogen and oxygen atoms in total. The summed E-state index contributed by atoms with van der Waals surface area (Å²) in [6.45, 7) is 1.56. The average molecular weight is 374 g/mol. The molecule has 1 amide bonds. The maximum atomic E-state index is 12.7. The molecular formula is C20H18N6O2. The number of carbonyl (C=O) groups is 1. The van der Waals surface area contributed by atoms with Crippen LogP contribution in [0.15, 0.2) is 65.6 Å². The zero-order chi connectivity index (χ0) is 19.7. The van der Waals surface area contributed by atoms with E-state index in [4.69, 9.17) is 0 Å². The van der Waals surface area contributed by atoms with Crippen molar-refractivity contribution in [3.63, 3.8) is 0 Å². The highest BCUT2D eigenvalue weighted by Crippen LogP contribution is 2.16. The van der Waals surface area contributed by atoms with Gasteiger partial charge < -0.3 is 4.90 Å². The third-order valence-electron chi connectivity index (χ3n) is 4.47. The van der Waals surface area contributed by atoms with Crippen molar-refractivity contribution in [3.8, 4) is 11.4 Å². The second-order valence-electron chi connectivity index (χ2n) is 6.33. The van der Waals surface area contributed by atoms with E-state index >= 15 is 0 Å². The quantitative estimate of drug-likeness (QED) is 0.545. The Morgan fingerprint density at radius 2 is 1.82 bits per heavy atom. The Balaban J connectivity index is 1.69. The van der Waals surface area contributed by atoms with Crippen LogP contribution in [0.2, 0.25) is 0 Å². The molecule has 0 bridgehead atoms. The van der Waals surface area contributed by atoms with Crippen LogP contribution in [0.1, 0.15) is 5.82 Å². The van der Waals surface area contributed by atoms with Crippen LogP contribution in [0.5, 0.6) is 0 Å². The van der Waals surface area contributed by atoms with Crippen LogP contribution >= 0.6 is 0 Å². The Bertz CT molecular complexity index is 1200. The maximum Gasteiger partial charge on any atom is 0.352 e. The number of aromatic nitrogens is 5. The average Bonchev–Trinajstić information content (AvgIpc) is 3.04. The Kier molecular flexibility index (Phi) is 4.44. The number of carbonyl (C=O) groups excluding carboxylic acids is 1. The predicted octanol–water partition coefficient (Wildman–Crippen LogP) is 1.92. The lowest BCUT2D eigenvalue weighted by Gasteiger charge is -2.16. The van der Waals surface area contributed by atoms with Gasteiger partial charge in [-0.1, -0.05) is 24.3 Å². The molecule has 28 heavy (non-hydrogen) atoms. The first-order valence-electron chi connectivity index (χ1n) is 8.75. The van der Waals surface area contributed by atoms with E-state index in [1.807, 2.05) is 48.5 Å². The fourth-order valence-electron chi connectivity index (χ4n) is 2.98. The minimum Gasteiger partial charge on any atom is -0.314 e. The molecule has 0 saturated heterocycles. The summed E-state index contributed by atoms with van der Waals surface area (Å²) in [5.74, 6) is 0.241. The summed E-state index contributed by atoms with van der Waals surface area (Å²) in [6, 6.07) is 16.5. The highest BCUT2D eigenvalue weighted by Gasteiger charge is 2.17. The van der Waals surface area contributed by atoms with E-state index in [1.54, 1.807) is 26.2 Å². The zero-order valence-corrected chi connectivity index (χ0v) is 15.5. The number of fused-ring (bicyclic) bond motifs is 1. The molecule has 0 saturated carbocycles. The van der Waals surface area contributed by atoms with Gasteiger partial charge in [-0.25, -0.2) is 18.9 Å². The van der Waals surface area contributed by atoms with Gasteiger partial charge in [-0.2, -0.15) is 0 Å². The van der Waals surface area contributed by atoms with Crippen molar-refractivity contribution in [3.05, 3.63) is 77.1 Å². The zero-order valence-electron chi connectivity index (χ0n) is 15.5. The first-order chi connectivity index (χ1) is 13.5. The molecule has 1 aromatic carbocycles. The SMILES string of the molecule is Cc1nc(-c2ccccn2)cc2nn(CC(=O)N(C)c3ccccc3)c(=O)n12. The van der Waals surface area contributed by atoms with E-state index in [9.17, 15) is 9.59 Å². The molecule has 0 unspecified atom stereocenters. The minimum atomic E-state index is -0.401. The Morgan fingerprint density at radius 3 is 2.54 bits per heavy atom. The van der Waals surface area contributed by atoms with Crippen molar-refractivity contribution in [2.75, 3.05) is 11.9 Å². The highest BCUT2D eigenvalue weighted by atomic mass is 16.2. The summed E-state index contributed by atoms with van der Waals surface area (Å²) in [4.78, 5) is 35.6. The number of amides is 1. The Labute approximate surface area is 160 Å². The van der Waals surface area contributed by atoms with Crippen LogP contribution in [-0.2, 0) is 11.3 Å². The number of para-hydroxylation sites is 1. The van der Waals surface area contributed by atoms with Crippen molar-refractivity contribution in [1.82, 2.24) is 24.1 Å². The number of hydrogen-bond donors (Lipinski definition) is 0.